The van der Waals surface area contributed by atoms with Crippen molar-refractivity contribution in [1.29, 1.82) is 0 Å². The molecule has 0 heterocycles. The van der Waals surface area contributed by atoms with Gasteiger partial charge in [-0.25, -0.2) is 8.78 Å². The van der Waals surface area contributed by atoms with Crippen molar-refractivity contribution >= 4 is 0 Å². The van der Waals surface area contributed by atoms with E-state index in [9.17, 15) is 22.0 Å². The Hall–Kier alpha value is -0.390. The highest BCUT2D eigenvalue weighted by atomic mass is 19.4. The fraction of sp³-hybridized carbons (Fsp3) is 1.00. The smallest absolute Gasteiger partial charge is 0.367 e. The molecule has 6 heteroatoms. The van der Waals surface area contributed by atoms with E-state index in [1.807, 2.05) is 0 Å². The first-order valence-corrected chi connectivity index (χ1v) is 2.67. The van der Waals surface area contributed by atoms with Crippen molar-refractivity contribution < 1.29 is 26.7 Å². The van der Waals surface area contributed by atoms with E-state index in [4.69, 9.17) is 0 Å². The first-order chi connectivity index (χ1) is 4.69. The Morgan fingerprint density at radius 1 is 1.09 bits per heavy atom. The van der Waals surface area contributed by atoms with Gasteiger partial charge >= 0.3 is 6.18 Å². The summed E-state index contributed by atoms with van der Waals surface area (Å²) in [4.78, 5) is 0. The van der Waals surface area contributed by atoms with Crippen molar-refractivity contribution in [2.24, 2.45) is 0 Å². The zero-order valence-electron chi connectivity index (χ0n) is 5.88. The molecule has 1 atom stereocenters. The van der Waals surface area contributed by atoms with Crippen molar-refractivity contribution in [2.75, 3.05) is 7.11 Å². The fourth-order valence-electron chi connectivity index (χ4n) is 0.628. The second kappa shape index (κ2) is 2.92. The second-order valence-electron chi connectivity index (χ2n) is 2.11. The Morgan fingerprint density at radius 3 is 1.45 bits per heavy atom. The molecule has 0 aliphatic heterocycles. The lowest BCUT2D eigenvalue weighted by molar-refractivity contribution is -0.272. The lowest BCUT2D eigenvalue weighted by Gasteiger charge is -2.23. The summed E-state index contributed by atoms with van der Waals surface area (Å²) < 4.78 is 62.5. The first-order valence-electron chi connectivity index (χ1n) is 2.67. The number of alkyl halides is 5. The monoisotopic (exact) mass is 178 g/mol. The van der Waals surface area contributed by atoms with Gasteiger partial charge in [-0.15, -0.1) is 0 Å². The Balaban J connectivity index is 4.43. The molecule has 0 aliphatic carbocycles. The lowest BCUT2D eigenvalue weighted by Crippen LogP contribution is -2.44. The molecule has 0 spiro atoms. The van der Waals surface area contributed by atoms with Crippen LogP contribution in [0.2, 0.25) is 0 Å². The van der Waals surface area contributed by atoms with E-state index < -0.39 is 18.2 Å². The standard InChI is InChI=1S/C5H7F5O/c1-4(6,7)3(11-2)5(8,9)10/h3H,1-2H3. The molecule has 0 rings (SSSR count). The van der Waals surface area contributed by atoms with E-state index in [2.05, 4.69) is 4.74 Å². The van der Waals surface area contributed by atoms with Crippen LogP contribution in [0.1, 0.15) is 6.92 Å². The van der Waals surface area contributed by atoms with Gasteiger partial charge in [0.05, 0.1) is 0 Å². The lowest BCUT2D eigenvalue weighted by atomic mass is 10.2. The van der Waals surface area contributed by atoms with Gasteiger partial charge in [-0.1, -0.05) is 0 Å². The summed E-state index contributed by atoms with van der Waals surface area (Å²) in [6.07, 6.45) is -8.04. The first kappa shape index (κ1) is 10.6. The number of hydrogen-bond acceptors (Lipinski definition) is 1. The highest BCUT2D eigenvalue weighted by Crippen LogP contribution is 2.33. The maximum atomic E-state index is 12.0. The average molecular weight is 178 g/mol. The van der Waals surface area contributed by atoms with Crippen molar-refractivity contribution in [3.8, 4) is 0 Å². The van der Waals surface area contributed by atoms with Crippen LogP contribution in [0.25, 0.3) is 0 Å². The van der Waals surface area contributed by atoms with Crippen molar-refractivity contribution in [3.05, 3.63) is 0 Å². The molecule has 68 valence electrons. The van der Waals surface area contributed by atoms with Gasteiger partial charge < -0.3 is 4.74 Å². The van der Waals surface area contributed by atoms with Gasteiger partial charge in [0, 0.05) is 14.0 Å². The van der Waals surface area contributed by atoms with Crippen LogP contribution < -0.4 is 0 Å². The van der Waals surface area contributed by atoms with Gasteiger partial charge in [0.1, 0.15) is 0 Å². The third kappa shape index (κ3) is 3.00. The number of rotatable bonds is 2. The van der Waals surface area contributed by atoms with E-state index >= 15 is 0 Å². The van der Waals surface area contributed by atoms with E-state index in [1.165, 1.54) is 0 Å². The van der Waals surface area contributed by atoms with Crippen LogP contribution in [-0.2, 0) is 4.74 Å². The molecule has 11 heavy (non-hydrogen) atoms. The molecule has 1 nitrogen and oxygen atoms in total. The minimum absolute atomic E-state index is 0.161. The maximum absolute atomic E-state index is 12.0. The number of ether oxygens (including phenoxy) is 1. The fourth-order valence-corrected chi connectivity index (χ4v) is 0.628. The predicted octanol–water partition coefficient (Wildman–Crippen LogP) is 2.22. The summed E-state index contributed by atoms with van der Waals surface area (Å²) in [7, 11) is 0.593. The Labute approximate surface area is 60.1 Å². The van der Waals surface area contributed by atoms with Gasteiger partial charge in [-0.05, 0) is 0 Å². The molecule has 0 aromatic heterocycles. The van der Waals surface area contributed by atoms with Crippen LogP contribution in [0, 0.1) is 0 Å². The molecule has 0 saturated carbocycles. The Kier molecular flexibility index (Phi) is 2.82. The number of hydrogen-bond donors (Lipinski definition) is 0. The maximum Gasteiger partial charge on any atom is 0.420 e. The predicted molar refractivity (Wildman–Crippen MR) is 27.5 cm³/mol. The largest absolute Gasteiger partial charge is 0.420 e. The molecule has 0 aliphatic rings. The third-order valence-electron chi connectivity index (χ3n) is 0.993. The highest BCUT2D eigenvalue weighted by molar-refractivity contribution is 4.79. The van der Waals surface area contributed by atoms with Gasteiger partial charge in [0.15, 0.2) is 0 Å². The van der Waals surface area contributed by atoms with Crippen LogP contribution in [0.5, 0.6) is 0 Å². The number of halogens is 5. The van der Waals surface area contributed by atoms with Gasteiger partial charge in [-0.3, -0.25) is 0 Å². The van der Waals surface area contributed by atoms with Crippen LogP contribution in [-0.4, -0.2) is 25.3 Å². The van der Waals surface area contributed by atoms with Crippen molar-refractivity contribution in [1.82, 2.24) is 0 Å². The van der Waals surface area contributed by atoms with E-state index in [0.29, 0.717) is 7.11 Å². The summed E-state index contributed by atoms with van der Waals surface area (Å²) >= 11 is 0. The van der Waals surface area contributed by atoms with Gasteiger partial charge in [0.25, 0.3) is 5.92 Å². The molecule has 0 aromatic carbocycles. The van der Waals surface area contributed by atoms with E-state index in [0.717, 1.165) is 0 Å². The van der Waals surface area contributed by atoms with Crippen molar-refractivity contribution in [3.63, 3.8) is 0 Å². The van der Waals surface area contributed by atoms with Crippen LogP contribution in [0.3, 0.4) is 0 Å². The summed E-state index contributed by atoms with van der Waals surface area (Å²) in [5.41, 5.74) is 0. The second-order valence-corrected chi connectivity index (χ2v) is 2.11. The van der Waals surface area contributed by atoms with Gasteiger partial charge in [0.2, 0.25) is 6.10 Å². The summed E-state index contributed by atoms with van der Waals surface area (Å²) in [5, 5.41) is 0. The third-order valence-corrected chi connectivity index (χ3v) is 0.993. The number of methoxy groups -OCH3 is 1. The molecular weight excluding hydrogens is 171 g/mol. The molecule has 0 amide bonds. The average Bonchev–Trinajstić information content (AvgIpc) is 1.56. The summed E-state index contributed by atoms with van der Waals surface area (Å²) in [6, 6.07) is 0. The van der Waals surface area contributed by atoms with Crippen LogP contribution >= 0.6 is 0 Å². The zero-order valence-corrected chi connectivity index (χ0v) is 5.88. The van der Waals surface area contributed by atoms with Crippen LogP contribution in [0.4, 0.5) is 22.0 Å². The topological polar surface area (TPSA) is 9.23 Å². The molecule has 0 N–H and O–H groups in total. The summed E-state index contributed by atoms with van der Waals surface area (Å²) in [6.45, 7) is 0.161. The molecule has 1 unspecified atom stereocenters. The minimum Gasteiger partial charge on any atom is -0.367 e. The molecule has 0 saturated heterocycles. The molecular formula is C5H7F5O. The van der Waals surface area contributed by atoms with Gasteiger partial charge in [-0.2, -0.15) is 13.2 Å². The zero-order chi connectivity index (χ0) is 9.28. The van der Waals surface area contributed by atoms with Crippen molar-refractivity contribution in [2.45, 2.75) is 25.1 Å². The Bertz CT molecular complexity index is 110. The Morgan fingerprint density at radius 2 is 1.45 bits per heavy atom. The summed E-state index contributed by atoms with van der Waals surface area (Å²) in [5.74, 6) is -3.90. The molecule has 0 radical (unpaired) electrons. The quantitative estimate of drug-likeness (QED) is 0.589. The SMILES string of the molecule is COC(C(C)(F)F)C(F)(F)F. The highest BCUT2D eigenvalue weighted by Gasteiger charge is 2.53. The molecule has 0 bridgehead atoms. The van der Waals surface area contributed by atoms with Crippen LogP contribution in [0.15, 0.2) is 0 Å². The normalized spacial score (nSPS) is 16.6. The molecule has 0 aromatic rings. The molecule has 0 fully saturated rings. The van der Waals surface area contributed by atoms with E-state index in [-0.39, 0.29) is 6.92 Å². The minimum atomic E-state index is -5.02. The van der Waals surface area contributed by atoms with E-state index in [1.54, 1.807) is 0 Å².